The highest BCUT2D eigenvalue weighted by Gasteiger charge is 2.16. The van der Waals surface area contributed by atoms with Crippen LogP contribution in [0, 0.1) is 20.8 Å². The number of aromatic nitrogens is 4. The Morgan fingerprint density at radius 2 is 1.81 bits per heavy atom. The van der Waals surface area contributed by atoms with Crippen molar-refractivity contribution >= 4 is 6.03 Å². The predicted molar refractivity (Wildman–Crippen MR) is 105 cm³/mol. The van der Waals surface area contributed by atoms with Crippen LogP contribution >= 0.6 is 0 Å². The van der Waals surface area contributed by atoms with Crippen LogP contribution in [0.25, 0.3) is 5.69 Å². The van der Waals surface area contributed by atoms with Crippen LogP contribution in [0.1, 0.15) is 41.2 Å². The molecule has 27 heavy (non-hydrogen) atoms. The first-order chi connectivity index (χ1) is 12.9. The summed E-state index contributed by atoms with van der Waals surface area (Å²) in [6, 6.07) is 9.65. The number of benzene rings is 1. The lowest BCUT2D eigenvalue weighted by molar-refractivity contribution is 0.237. The second-order valence-corrected chi connectivity index (χ2v) is 6.79. The number of amides is 2. The first-order valence-corrected chi connectivity index (χ1v) is 9.02. The number of rotatable bonds is 5. The van der Waals surface area contributed by atoms with Crippen LogP contribution in [0.15, 0.2) is 36.5 Å². The molecule has 0 bridgehead atoms. The molecule has 2 amide bonds. The molecule has 3 aromatic rings. The average Bonchev–Trinajstić information content (AvgIpc) is 3.12. The van der Waals surface area contributed by atoms with Gasteiger partial charge < -0.3 is 10.6 Å². The van der Waals surface area contributed by atoms with Crippen LogP contribution in [0.4, 0.5) is 4.79 Å². The van der Waals surface area contributed by atoms with Crippen LogP contribution in [-0.4, -0.2) is 25.6 Å². The normalized spacial score (nSPS) is 12.0. The SMILES string of the molecule is Cc1nn(C)cc1C(C)NC(=O)NCc1c(C)nn(-c2ccccc2)c1C. The maximum Gasteiger partial charge on any atom is 0.315 e. The Balaban J connectivity index is 1.65. The van der Waals surface area contributed by atoms with E-state index in [1.807, 2.05) is 76.0 Å². The van der Waals surface area contributed by atoms with Gasteiger partial charge >= 0.3 is 6.03 Å². The minimum absolute atomic E-state index is 0.118. The zero-order chi connectivity index (χ0) is 19.6. The van der Waals surface area contributed by atoms with Crippen molar-refractivity contribution < 1.29 is 4.79 Å². The first-order valence-electron chi connectivity index (χ1n) is 9.02. The van der Waals surface area contributed by atoms with Crippen LogP contribution in [0.3, 0.4) is 0 Å². The minimum atomic E-state index is -0.211. The summed E-state index contributed by atoms with van der Waals surface area (Å²) in [5, 5.41) is 14.8. The maximum absolute atomic E-state index is 12.3. The van der Waals surface area contributed by atoms with E-state index in [4.69, 9.17) is 0 Å². The molecule has 7 nitrogen and oxygen atoms in total. The van der Waals surface area contributed by atoms with Gasteiger partial charge in [0.05, 0.1) is 23.1 Å². The fraction of sp³-hybridized carbons (Fsp3) is 0.350. The molecule has 0 saturated heterocycles. The van der Waals surface area contributed by atoms with Crippen molar-refractivity contribution in [3.63, 3.8) is 0 Å². The summed E-state index contributed by atoms with van der Waals surface area (Å²) in [7, 11) is 1.87. The molecule has 1 aromatic carbocycles. The largest absolute Gasteiger partial charge is 0.334 e. The van der Waals surface area contributed by atoms with Crippen LogP contribution in [-0.2, 0) is 13.6 Å². The van der Waals surface area contributed by atoms with Gasteiger partial charge in [-0.15, -0.1) is 0 Å². The molecule has 1 unspecified atom stereocenters. The van der Waals surface area contributed by atoms with Gasteiger partial charge in [0.1, 0.15) is 0 Å². The smallest absolute Gasteiger partial charge is 0.315 e. The Morgan fingerprint density at radius 3 is 2.44 bits per heavy atom. The number of carbonyl (C=O) groups excluding carboxylic acids is 1. The van der Waals surface area contributed by atoms with Gasteiger partial charge in [0.15, 0.2) is 0 Å². The third-order valence-corrected chi connectivity index (χ3v) is 4.73. The van der Waals surface area contributed by atoms with Crippen molar-refractivity contribution in [2.45, 2.75) is 40.3 Å². The number of urea groups is 1. The molecule has 0 fully saturated rings. The van der Waals surface area contributed by atoms with Gasteiger partial charge in [0.25, 0.3) is 0 Å². The van der Waals surface area contributed by atoms with E-state index in [1.165, 1.54) is 0 Å². The van der Waals surface area contributed by atoms with Gasteiger partial charge in [-0.2, -0.15) is 10.2 Å². The van der Waals surface area contributed by atoms with E-state index < -0.39 is 0 Å². The molecule has 7 heteroatoms. The number of para-hydroxylation sites is 1. The van der Waals surface area contributed by atoms with E-state index >= 15 is 0 Å². The molecule has 2 aromatic heterocycles. The Kier molecular flexibility index (Phi) is 5.30. The van der Waals surface area contributed by atoms with Crippen molar-refractivity contribution in [2.75, 3.05) is 0 Å². The molecule has 0 spiro atoms. The molecule has 0 aliphatic carbocycles. The van der Waals surface area contributed by atoms with Gasteiger partial charge in [-0.1, -0.05) is 18.2 Å². The molecule has 142 valence electrons. The van der Waals surface area contributed by atoms with Crippen molar-refractivity contribution in [2.24, 2.45) is 7.05 Å². The fourth-order valence-corrected chi connectivity index (χ4v) is 3.29. The van der Waals surface area contributed by atoms with E-state index in [9.17, 15) is 4.79 Å². The zero-order valence-corrected chi connectivity index (χ0v) is 16.4. The molecule has 2 N–H and O–H groups in total. The topological polar surface area (TPSA) is 76.8 Å². The first kappa shape index (κ1) is 18.7. The number of carbonyl (C=O) groups is 1. The summed E-state index contributed by atoms with van der Waals surface area (Å²) in [5.74, 6) is 0. The number of nitrogens with zero attached hydrogens (tertiary/aromatic N) is 4. The lowest BCUT2D eigenvalue weighted by Crippen LogP contribution is -2.36. The second kappa shape index (κ2) is 7.65. The average molecular weight is 366 g/mol. The second-order valence-electron chi connectivity index (χ2n) is 6.79. The van der Waals surface area contributed by atoms with E-state index in [2.05, 4.69) is 20.8 Å². The van der Waals surface area contributed by atoms with Crippen molar-refractivity contribution in [3.05, 3.63) is 64.7 Å². The summed E-state index contributed by atoms with van der Waals surface area (Å²) in [4.78, 5) is 12.3. The zero-order valence-electron chi connectivity index (χ0n) is 16.4. The van der Waals surface area contributed by atoms with Crippen molar-refractivity contribution in [1.29, 1.82) is 0 Å². The van der Waals surface area contributed by atoms with E-state index in [1.54, 1.807) is 4.68 Å². The maximum atomic E-state index is 12.3. The molecule has 2 heterocycles. The standard InChI is InChI=1S/C20H26N6O/c1-13(19-12-25(5)23-15(19)3)22-20(27)21-11-18-14(2)24-26(16(18)4)17-9-7-6-8-10-17/h6-10,12-13H,11H2,1-5H3,(H2,21,22,27). The summed E-state index contributed by atoms with van der Waals surface area (Å²) in [6.45, 7) is 8.30. The predicted octanol–water partition coefficient (Wildman–Crippen LogP) is 3.09. The third-order valence-electron chi connectivity index (χ3n) is 4.73. The molecular formula is C20H26N6O. The molecule has 3 rings (SSSR count). The Morgan fingerprint density at radius 1 is 1.11 bits per heavy atom. The molecule has 0 radical (unpaired) electrons. The summed E-state index contributed by atoms with van der Waals surface area (Å²) < 4.78 is 3.66. The highest BCUT2D eigenvalue weighted by atomic mass is 16.2. The van der Waals surface area contributed by atoms with E-state index in [-0.39, 0.29) is 12.1 Å². The number of aryl methyl sites for hydroxylation is 3. The fourth-order valence-electron chi connectivity index (χ4n) is 3.29. The van der Waals surface area contributed by atoms with Crippen molar-refractivity contribution in [3.8, 4) is 5.69 Å². The molecule has 0 saturated carbocycles. The van der Waals surface area contributed by atoms with E-state index in [0.717, 1.165) is 33.9 Å². The number of hydrogen-bond acceptors (Lipinski definition) is 3. The van der Waals surface area contributed by atoms with Gasteiger partial charge in [0, 0.05) is 36.6 Å². The van der Waals surface area contributed by atoms with Crippen LogP contribution < -0.4 is 10.6 Å². The highest BCUT2D eigenvalue weighted by molar-refractivity contribution is 5.74. The Bertz CT molecular complexity index is 941. The minimum Gasteiger partial charge on any atom is -0.334 e. The third kappa shape index (κ3) is 4.02. The Hall–Kier alpha value is -3.09. The van der Waals surface area contributed by atoms with Crippen LogP contribution in [0.2, 0.25) is 0 Å². The number of hydrogen-bond donors (Lipinski definition) is 2. The summed E-state index contributed by atoms with van der Waals surface area (Å²) in [5.41, 5.74) is 5.90. The summed E-state index contributed by atoms with van der Waals surface area (Å²) in [6.07, 6.45) is 1.93. The highest BCUT2D eigenvalue weighted by Crippen LogP contribution is 2.18. The van der Waals surface area contributed by atoms with E-state index in [0.29, 0.717) is 6.54 Å². The number of nitrogens with one attached hydrogen (secondary N) is 2. The molecule has 0 aliphatic rings. The lowest BCUT2D eigenvalue weighted by atomic mass is 10.1. The summed E-state index contributed by atoms with van der Waals surface area (Å²) >= 11 is 0. The van der Waals surface area contributed by atoms with Gasteiger partial charge in [-0.05, 0) is 39.8 Å². The van der Waals surface area contributed by atoms with Gasteiger partial charge in [-0.25, -0.2) is 9.48 Å². The van der Waals surface area contributed by atoms with Crippen molar-refractivity contribution in [1.82, 2.24) is 30.2 Å². The quantitative estimate of drug-likeness (QED) is 0.728. The Labute approximate surface area is 159 Å². The molecule has 0 aliphatic heterocycles. The van der Waals surface area contributed by atoms with Gasteiger partial charge in [-0.3, -0.25) is 4.68 Å². The van der Waals surface area contributed by atoms with Gasteiger partial charge in [0.2, 0.25) is 0 Å². The molecule has 1 atom stereocenters. The van der Waals surface area contributed by atoms with Crippen LogP contribution in [0.5, 0.6) is 0 Å². The monoisotopic (exact) mass is 366 g/mol. The molecular weight excluding hydrogens is 340 g/mol. The lowest BCUT2D eigenvalue weighted by Gasteiger charge is -2.14.